The van der Waals surface area contributed by atoms with Crippen molar-refractivity contribution in [1.29, 1.82) is 0 Å². The zero-order valence-corrected chi connectivity index (χ0v) is 34.0. The zero-order chi connectivity index (χ0) is 41.0. The van der Waals surface area contributed by atoms with Crippen LogP contribution in [-0.2, 0) is 0 Å². The van der Waals surface area contributed by atoms with Gasteiger partial charge in [-0.05, 0) is 126 Å². The fraction of sp³-hybridized carbons (Fsp3) is 0. The molecule has 62 heavy (non-hydrogen) atoms. The normalized spacial score (nSPS) is 11.5. The average molecular weight is 789 g/mol. The summed E-state index contributed by atoms with van der Waals surface area (Å²) in [7, 11) is 0. The Bertz CT molecular complexity index is 3600. The second-order valence-electron chi connectivity index (χ2n) is 16.1. The number of aromatic nitrogens is 1. The molecule has 0 saturated carbocycles. The first kappa shape index (κ1) is 35.7. The van der Waals surface area contributed by atoms with Gasteiger partial charge in [0.25, 0.3) is 0 Å². The number of nitrogens with zero attached hydrogens (tertiary/aromatic N) is 2. The van der Waals surface area contributed by atoms with Crippen LogP contribution in [-0.4, -0.2) is 4.57 Å². The van der Waals surface area contributed by atoms with Crippen molar-refractivity contribution in [3.8, 4) is 39.1 Å². The fourth-order valence-electron chi connectivity index (χ4n) is 9.76. The molecule has 0 fully saturated rings. The van der Waals surface area contributed by atoms with Crippen LogP contribution in [0.1, 0.15) is 0 Å². The highest BCUT2D eigenvalue weighted by molar-refractivity contribution is 6.22. The Morgan fingerprint density at radius 2 is 0.774 bits per heavy atom. The summed E-state index contributed by atoms with van der Waals surface area (Å²) in [4.78, 5) is 2.44. The summed E-state index contributed by atoms with van der Waals surface area (Å²) in [6.45, 7) is 0. The number of fused-ring (bicyclic) bond motifs is 7. The molecule has 0 radical (unpaired) electrons. The Morgan fingerprint density at radius 3 is 1.44 bits per heavy atom. The molecule has 0 aliphatic carbocycles. The highest BCUT2D eigenvalue weighted by Gasteiger charge is 2.22. The van der Waals surface area contributed by atoms with E-state index in [9.17, 15) is 0 Å². The molecular formula is C60H40N2. The van der Waals surface area contributed by atoms with Gasteiger partial charge in [0.1, 0.15) is 0 Å². The van der Waals surface area contributed by atoms with Gasteiger partial charge in [0, 0.05) is 27.8 Å². The minimum Gasteiger partial charge on any atom is -0.310 e. The van der Waals surface area contributed by atoms with Crippen LogP contribution in [0.3, 0.4) is 0 Å². The molecule has 0 N–H and O–H groups in total. The second kappa shape index (κ2) is 14.8. The number of para-hydroxylation sites is 2. The van der Waals surface area contributed by atoms with Crippen molar-refractivity contribution in [3.63, 3.8) is 0 Å². The lowest BCUT2D eigenvalue weighted by Gasteiger charge is -2.27. The lowest BCUT2D eigenvalue weighted by molar-refractivity contribution is 1.18. The van der Waals surface area contributed by atoms with Gasteiger partial charge >= 0.3 is 0 Å². The van der Waals surface area contributed by atoms with Gasteiger partial charge in [-0.1, -0.05) is 182 Å². The monoisotopic (exact) mass is 788 g/mol. The maximum absolute atomic E-state index is 2.44. The lowest BCUT2D eigenvalue weighted by Crippen LogP contribution is -2.10. The summed E-state index contributed by atoms with van der Waals surface area (Å²) in [5.41, 5.74) is 14.1. The van der Waals surface area contributed by atoms with Gasteiger partial charge < -0.3 is 9.47 Å². The van der Waals surface area contributed by atoms with Crippen molar-refractivity contribution < 1.29 is 0 Å². The molecule has 0 aliphatic rings. The van der Waals surface area contributed by atoms with Crippen LogP contribution in [0, 0.1) is 0 Å². The topological polar surface area (TPSA) is 8.17 Å². The molecule has 0 atom stereocenters. The molecule has 0 bridgehead atoms. The summed E-state index contributed by atoms with van der Waals surface area (Å²) >= 11 is 0. The van der Waals surface area contributed by atoms with Crippen molar-refractivity contribution in [2.75, 3.05) is 4.90 Å². The number of benzene rings is 11. The Balaban J connectivity index is 1.07. The smallest absolute Gasteiger partial charge is 0.0562 e. The van der Waals surface area contributed by atoms with E-state index >= 15 is 0 Å². The third kappa shape index (κ3) is 5.88. The van der Waals surface area contributed by atoms with E-state index in [2.05, 4.69) is 252 Å². The van der Waals surface area contributed by atoms with Gasteiger partial charge in [0.2, 0.25) is 0 Å². The van der Waals surface area contributed by atoms with Crippen LogP contribution in [0.15, 0.2) is 243 Å². The third-order valence-corrected chi connectivity index (χ3v) is 12.5. The summed E-state index contributed by atoms with van der Waals surface area (Å²) < 4.78 is 2.40. The van der Waals surface area contributed by atoms with Gasteiger partial charge in [-0.25, -0.2) is 0 Å². The van der Waals surface area contributed by atoms with Gasteiger partial charge in [-0.15, -0.1) is 0 Å². The molecule has 0 amide bonds. The number of rotatable bonds is 7. The molecule has 2 heteroatoms. The highest BCUT2D eigenvalue weighted by atomic mass is 15.1. The maximum atomic E-state index is 2.44. The highest BCUT2D eigenvalue weighted by Crippen LogP contribution is 2.47. The Labute approximate surface area is 360 Å². The van der Waals surface area contributed by atoms with Crippen molar-refractivity contribution in [3.05, 3.63) is 243 Å². The first-order valence-corrected chi connectivity index (χ1v) is 21.3. The first-order chi connectivity index (χ1) is 30.8. The molecule has 2 nitrogen and oxygen atoms in total. The van der Waals surface area contributed by atoms with E-state index in [1.54, 1.807) is 0 Å². The van der Waals surface area contributed by atoms with Crippen LogP contribution in [0.4, 0.5) is 17.1 Å². The molecule has 12 rings (SSSR count). The van der Waals surface area contributed by atoms with Gasteiger partial charge in [-0.3, -0.25) is 0 Å². The number of anilines is 3. The quantitative estimate of drug-likeness (QED) is 0.146. The SMILES string of the molecule is c1ccc(-c2c(-c3ccc(N(c4ccc(-c5ccc6ccccc6c5)cc4)c4cccc5c4c4ccccc4n5-c4ccccc4)cc3)c3ccccc3c3ccccc23)cc1. The van der Waals surface area contributed by atoms with Gasteiger partial charge in [0.15, 0.2) is 0 Å². The molecule has 290 valence electrons. The van der Waals surface area contributed by atoms with Crippen LogP contribution in [0.25, 0.3) is 93.2 Å². The molecule has 1 aromatic heterocycles. The van der Waals surface area contributed by atoms with Crippen LogP contribution < -0.4 is 4.90 Å². The van der Waals surface area contributed by atoms with E-state index in [1.807, 2.05) is 0 Å². The minimum absolute atomic E-state index is 1.09. The van der Waals surface area contributed by atoms with E-state index in [0.29, 0.717) is 0 Å². The van der Waals surface area contributed by atoms with Crippen LogP contribution in [0.5, 0.6) is 0 Å². The maximum Gasteiger partial charge on any atom is 0.0562 e. The van der Waals surface area contributed by atoms with E-state index < -0.39 is 0 Å². The summed E-state index contributed by atoms with van der Waals surface area (Å²) in [5.74, 6) is 0. The molecule has 0 spiro atoms. The average Bonchev–Trinajstić information content (AvgIpc) is 3.69. The van der Waals surface area contributed by atoms with E-state index in [-0.39, 0.29) is 0 Å². The third-order valence-electron chi connectivity index (χ3n) is 12.5. The Kier molecular flexibility index (Phi) is 8.53. The minimum atomic E-state index is 1.09. The molecule has 0 unspecified atom stereocenters. The standard InChI is InChI=1S/C60H40N2/c1-3-17-43(18-4-1)58-52-24-11-9-22-50(52)51-23-10-12-25-53(51)59(58)44-34-38-49(39-35-44)61(48-36-32-42(33-37-48)46-31-30-41-16-7-8-19-45(41)40-46)56-28-15-29-57-60(56)54-26-13-14-27-55(54)62(57)47-20-5-2-6-21-47/h1-40H. The van der Waals surface area contributed by atoms with Crippen LogP contribution >= 0.6 is 0 Å². The van der Waals surface area contributed by atoms with Crippen molar-refractivity contribution in [1.82, 2.24) is 4.57 Å². The van der Waals surface area contributed by atoms with Gasteiger partial charge in [-0.2, -0.15) is 0 Å². The fourth-order valence-corrected chi connectivity index (χ4v) is 9.76. The molecule has 1 heterocycles. The Morgan fingerprint density at radius 1 is 0.290 bits per heavy atom. The largest absolute Gasteiger partial charge is 0.310 e. The first-order valence-electron chi connectivity index (χ1n) is 21.3. The predicted molar refractivity (Wildman–Crippen MR) is 264 cm³/mol. The molecule has 12 aromatic rings. The van der Waals surface area contributed by atoms with Crippen molar-refractivity contribution in [2.24, 2.45) is 0 Å². The van der Waals surface area contributed by atoms with Crippen molar-refractivity contribution >= 4 is 71.2 Å². The second-order valence-corrected chi connectivity index (χ2v) is 16.1. The zero-order valence-electron chi connectivity index (χ0n) is 34.0. The van der Waals surface area contributed by atoms with E-state index in [1.165, 1.54) is 87.5 Å². The molecule has 0 saturated heterocycles. The van der Waals surface area contributed by atoms with E-state index in [0.717, 1.165) is 22.7 Å². The summed E-state index contributed by atoms with van der Waals surface area (Å²) in [6, 6.07) is 88.5. The van der Waals surface area contributed by atoms with Gasteiger partial charge in [0.05, 0.1) is 16.7 Å². The summed E-state index contributed by atoms with van der Waals surface area (Å²) in [5, 5.41) is 9.95. The van der Waals surface area contributed by atoms with E-state index in [4.69, 9.17) is 0 Å². The lowest BCUT2D eigenvalue weighted by atomic mass is 9.85. The van der Waals surface area contributed by atoms with Crippen LogP contribution in [0.2, 0.25) is 0 Å². The molecule has 11 aromatic carbocycles. The van der Waals surface area contributed by atoms with Crippen molar-refractivity contribution in [2.45, 2.75) is 0 Å². The number of hydrogen-bond donors (Lipinski definition) is 0. The predicted octanol–water partition coefficient (Wildman–Crippen LogP) is 16.7. The number of hydrogen-bond acceptors (Lipinski definition) is 1. The Hall–Kier alpha value is -8.20. The molecular weight excluding hydrogens is 749 g/mol. The molecule has 0 aliphatic heterocycles. The summed E-state index contributed by atoms with van der Waals surface area (Å²) in [6.07, 6.45) is 0.